The molecule has 2 aliphatic rings. The van der Waals surface area contributed by atoms with Crippen LogP contribution in [0.25, 0.3) is 0 Å². The topological polar surface area (TPSA) is 67.4 Å². The molecule has 0 radical (unpaired) electrons. The lowest BCUT2D eigenvalue weighted by molar-refractivity contribution is -0.149. The highest BCUT2D eigenvalue weighted by molar-refractivity contribution is 5.94. The molecule has 132 valence electrons. The van der Waals surface area contributed by atoms with Crippen LogP contribution in [0.4, 0.5) is 0 Å². The van der Waals surface area contributed by atoms with Crippen molar-refractivity contribution in [3.8, 4) is 0 Å². The zero-order valence-corrected chi connectivity index (χ0v) is 14.8. The number of rotatable bonds is 4. The molecule has 0 bridgehead atoms. The van der Waals surface area contributed by atoms with E-state index in [0.717, 1.165) is 44.3 Å². The molecule has 1 amide bonds. The summed E-state index contributed by atoms with van der Waals surface area (Å²) in [4.78, 5) is 24.1. The molecule has 3 rings (SSSR count). The summed E-state index contributed by atoms with van der Waals surface area (Å²) >= 11 is 0. The van der Waals surface area contributed by atoms with Crippen molar-refractivity contribution >= 4 is 24.3 Å². The van der Waals surface area contributed by atoms with Gasteiger partial charge in [-0.2, -0.15) is 0 Å². The van der Waals surface area contributed by atoms with Gasteiger partial charge in [-0.15, -0.1) is 12.4 Å². The van der Waals surface area contributed by atoms with Crippen molar-refractivity contribution in [2.24, 2.45) is 5.92 Å². The molecule has 1 aliphatic carbocycles. The van der Waals surface area contributed by atoms with E-state index in [2.05, 4.69) is 10.6 Å². The summed E-state index contributed by atoms with van der Waals surface area (Å²) in [6.07, 6.45) is 3.25. The number of carbonyl (C=O) groups is 2. The maximum absolute atomic E-state index is 12.4. The van der Waals surface area contributed by atoms with Gasteiger partial charge in [-0.05, 0) is 55.9 Å². The van der Waals surface area contributed by atoms with Crippen molar-refractivity contribution in [2.45, 2.75) is 51.7 Å². The van der Waals surface area contributed by atoms with Gasteiger partial charge in [0.2, 0.25) is 0 Å². The summed E-state index contributed by atoms with van der Waals surface area (Å²) in [5.74, 6) is -0.114. The van der Waals surface area contributed by atoms with Crippen LogP contribution >= 0.6 is 12.4 Å². The number of benzene rings is 1. The summed E-state index contributed by atoms with van der Waals surface area (Å²) in [6, 6.07) is 6.06. The quantitative estimate of drug-likeness (QED) is 0.817. The lowest BCUT2D eigenvalue weighted by Gasteiger charge is -2.27. The Morgan fingerprint density at radius 3 is 2.58 bits per heavy atom. The van der Waals surface area contributed by atoms with Gasteiger partial charge in [-0.1, -0.05) is 6.07 Å². The number of nitrogens with one attached hydrogen (secondary N) is 2. The summed E-state index contributed by atoms with van der Waals surface area (Å²) in [5, 5.41) is 6.39. The molecule has 0 aromatic heterocycles. The van der Waals surface area contributed by atoms with Crippen LogP contribution in [-0.4, -0.2) is 24.5 Å². The first-order valence-corrected chi connectivity index (χ1v) is 8.47. The number of ether oxygens (including phenoxy) is 1. The molecule has 1 saturated carbocycles. The highest BCUT2D eigenvalue weighted by atomic mass is 35.5. The molecule has 1 heterocycles. The second-order valence-electron chi connectivity index (χ2n) is 6.36. The summed E-state index contributed by atoms with van der Waals surface area (Å²) in [7, 11) is 0. The second kappa shape index (κ2) is 8.49. The largest absolute Gasteiger partial charge is 0.466 e. The van der Waals surface area contributed by atoms with Crippen molar-refractivity contribution in [3.05, 3.63) is 34.9 Å². The third-order valence-corrected chi connectivity index (χ3v) is 4.78. The molecule has 1 aromatic carbocycles. The molecule has 6 heteroatoms. The monoisotopic (exact) mass is 352 g/mol. The molecular weight excluding hydrogens is 328 g/mol. The summed E-state index contributed by atoms with van der Waals surface area (Å²) in [6.45, 7) is 3.98. The number of fused-ring (bicyclic) bond motifs is 1. The van der Waals surface area contributed by atoms with E-state index in [1.165, 1.54) is 11.1 Å². The Hall–Kier alpha value is -1.59. The third kappa shape index (κ3) is 4.28. The van der Waals surface area contributed by atoms with Gasteiger partial charge in [0.15, 0.2) is 0 Å². The molecule has 1 fully saturated rings. The molecule has 2 N–H and O–H groups in total. The molecule has 0 saturated heterocycles. The smallest absolute Gasteiger partial charge is 0.308 e. The van der Waals surface area contributed by atoms with Crippen LogP contribution in [0.3, 0.4) is 0 Å². The minimum Gasteiger partial charge on any atom is -0.466 e. The summed E-state index contributed by atoms with van der Waals surface area (Å²) < 4.78 is 5.08. The van der Waals surface area contributed by atoms with Crippen molar-refractivity contribution in [2.75, 3.05) is 6.61 Å². The van der Waals surface area contributed by atoms with Gasteiger partial charge in [0.05, 0.1) is 12.5 Å². The predicted octanol–water partition coefficient (Wildman–Crippen LogP) is 2.56. The van der Waals surface area contributed by atoms with E-state index in [1.807, 2.05) is 25.1 Å². The van der Waals surface area contributed by atoms with Gasteiger partial charge in [-0.25, -0.2) is 0 Å². The van der Waals surface area contributed by atoms with E-state index in [4.69, 9.17) is 4.74 Å². The van der Waals surface area contributed by atoms with E-state index in [1.54, 1.807) is 0 Å². The first kappa shape index (κ1) is 18.7. The number of carbonyl (C=O) groups excluding carboxylic acids is 2. The maximum atomic E-state index is 12.4. The van der Waals surface area contributed by atoms with Gasteiger partial charge < -0.3 is 15.4 Å². The van der Waals surface area contributed by atoms with Crippen LogP contribution in [0, 0.1) is 5.92 Å². The molecule has 1 aliphatic heterocycles. The summed E-state index contributed by atoms with van der Waals surface area (Å²) in [5.41, 5.74) is 3.21. The first-order chi connectivity index (χ1) is 11.2. The van der Waals surface area contributed by atoms with Crippen LogP contribution < -0.4 is 10.6 Å². The lowest BCUT2D eigenvalue weighted by Crippen LogP contribution is -2.39. The fourth-order valence-electron chi connectivity index (χ4n) is 3.44. The Labute approximate surface area is 148 Å². The van der Waals surface area contributed by atoms with Crippen molar-refractivity contribution in [1.29, 1.82) is 0 Å². The maximum Gasteiger partial charge on any atom is 0.308 e. The van der Waals surface area contributed by atoms with Gasteiger partial charge in [0, 0.05) is 24.7 Å². The highest BCUT2D eigenvalue weighted by Gasteiger charge is 2.28. The number of esters is 1. The Kier molecular flexibility index (Phi) is 6.63. The fraction of sp³-hybridized carbons (Fsp3) is 0.556. The molecule has 0 spiro atoms. The molecule has 0 unspecified atom stereocenters. The van der Waals surface area contributed by atoms with E-state index >= 15 is 0 Å². The molecular formula is C18H25ClN2O3. The Morgan fingerprint density at radius 1 is 1.17 bits per heavy atom. The van der Waals surface area contributed by atoms with Gasteiger partial charge >= 0.3 is 5.97 Å². The number of hydrogen-bond donors (Lipinski definition) is 2. The van der Waals surface area contributed by atoms with Crippen LogP contribution in [0.15, 0.2) is 18.2 Å². The van der Waals surface area contributed by atoms with Crippen LogP contribution in [0.5, 0.6) is 0 Å². The van der Waals surface area contributed by atoms with E-state index in [9.17, 15) is 9.59 Å². The highest BCUT2D eigenvalue weighted by Crippen LogP contribution is 2.26. The molecule has 5 nitrogen and oxygen atoms in total. The fourth-order valence-corrected chi connectivity index (χ4v) is 3.44. The van der Waals surface area contributed by atoms with E-state index < -0.39 is 0 Å². The number of halogens is 1. The standard InChI is InChI=1S/C18H24N2O3.ClH/c1-2-23-18(22)12-5-7-16(8-6-12)20-17(21)13-3-4-14-10-19-11-15(14)9-13;/h3-4,9,12,16,19H,2,5-8,10-11H2,1H3,(H,20,21);1H. The van der Waals surface area contributed by atoms with Crippen LogP contribution in [-0.2, 0) is 22.6 Å². The van der Waals surface area contributed by atoms with Gasteiger partial charge in [-0.3, -0.25) is 9.59 Å². The number of amides is 1. The third-order valence-electron chi connectivity index (χ3n) is 4.78. The SMILES string of the molecule is CCOC(=O)C1CCC(NC(=O)c2ccc3c(c2)CNC3)CC1.Cl. The normalized spacial score (nSPS) is 22.2. The molecule has 1 aromatic rings. The average molecular weight is 353 g/mol. The Bertz CT molecular complexity index is 598. The van der Waals surface area contributed by atoms with Gasteiger partial charge in [0.1, 0.15) is 0 Å². The predicted molar refractivity (Wildman–Crippen MR) is 94.1 cm³/mol. The van der Waals surface area contributed by atoms with Gasteiger partial charge in [0.25, 0.3) is 5.91 Å². The van der Waals surface area contributed by atoms with Crippen LogP contribution in [0.1, 0.15) is 54.1 Å². The minimum atomic E-state index is -0.0941. The Morgan fingerprint density at radius 2 is 1.88 bits per heavy atom. The van der Waals surface area contributed by atoms with E-state index in [0.29, 0.717) is 6.61 Å². The minimum absolute atomic E-state index is 0. The van der Waals surface area contributed by atoms with Crippen LogP contribution in [0.2, 0.25) is 0 Å². The average Bonchev–Trinajstić information content (AvgIpc) is 3.03. The van der Waals surface area contributed by atoms with E-state index in [-0.39, 0.29) is 36.2 Å². The second-order valence-corrected chi connectivity index (χ2v) is 6.36. The first-order valence-electron chi connectivity index (χ1n) is 8.47. The van der Waals surface area contributed by atoms with Crippen molar-refractivity contribution in [1.82, 2.24) is 10.6 Å². The zero-order valence-electron chi connectivity index (χ0n) is 14.0. The Balaban J connectivity index is 0.00000208. The zero-order chi connectivity index (χ0) is 16.2. The number of hydrogen-bond acceptors (Lipinski definition) is 4. The van der Waals surface area contributed by atoms with Crippen molar-refractivity contribution < 1.29 is 14.3 Å². The molecule has 24 heavy (non-hydrogen) atoms. The van der Waals surface area contributed by atoms with Crippen molar-refractivity contribution in [3.63, 3.8) is 0 Å². The molecule has 0 atom stereocenters. The lowest BCUT2D eigenvalue weighted by atomic mass is 9.86.